The van der Waals surface area contributed by atoms with E-state index in [1.165, 1.54) is 4.90 Å². The predicted molar refractivity (Wildman–Crippen MR) is 81.9 cm³/mol. The molecule has 2 aliphatic rings. The Kier molecular flexibility index (Phi) is 4.98. The lowest BCUT2D eigenvalue weighted by Gasteiger charge is -2.54. The number of likely N-dealkylation sites (tertiary alicyclic amines) is 2. The van der Waals surface area contributed by atoms with Crippen LogP contribution in [0.4, 0.5) is 0 Å². The zero-order valence-electron chi connectivity index (χ0n) is 12.3. The summed E-state index contributed by atoms with van der Waals surface area (Å²) >= 11 is 4.06. The first-order chi connectivity index (χ1) is 10.4. The molecule has 0 aliphatic carbocycles. The molecule has 2 rings (SSSR count). The predicted octanol–water partition coefficient (Wildman–Crippen LogP) is -2.46. The molecule has 0 aromatic carbocycles. The fourth-order valence-corrected chi connectivity index (χ4v) is 3.49. The molecule has 1 spiro atoms. The van der Waals surface area contributed by atoms with E-state index in [-0.39, 0.29) is 17.6 Å². The van der Waals surface area contributed by atoms with Crippen LogP contribution in [-0.4, -0.2) is 76.7 Å². The third kappa shape index (κ3) is 2.80. The highest BCUT2D eigenvalue weighted by Crippen LogP contribution is 2.42. The molecule has 0 unspecified atom stereocenters. The molecule has 8 nitrogen and oxygen atoms in total. The Labute approximate surface area is 134 Å². The molecule has 0 radical (unpaired) electrons. The van der Waals surface area contributed by atoms with Crippen molar-refractivity contribution in [1.82, 2.24) is 9.80 Å². The van der Waals surface area contributed by atoms with Crippen molar-refractivity contribution in [2.45, 2.75) is 24.9 Å². The van der Waals surface area contributed by atoms with Crippen LogP contribution in [0, 0.1) is 5.41 Å². The second-order valence-electron chi connectivity index (χ2n) is 5.93. The molecule has 0 bridgehead atoms. The van der Waals surface area contributed by atoms with Crippen LogP contribution in [-0.2, 0) is 14.4 Å². The lowest BCUT2D eigenvalue weighted by Crippen LogP contribution is -2.69. The largest absolute Gasteiger partial charge is 0.394 e. The minimum Gasteiger partial charge on any atom is -0.394 e. The van der Waals surface area contributed by atoms with Crippen molar-refractivity contribution in [1.29, 1.82) is 0 Å². The highest BCUT2D eigenvalue weighted by Gasteiger charge is 2.55. The average Bonchev–Trinajstić information content (AvgIpc) is 2.53. The number of amides is 3. The number of aliphatic hydroxyl groups is 1. The molecule has 5 N–H and O–H groups in total. The van der Waals surface area contributed by atoms with Gasteiger partial charge in [0.2, 0.25) is 17.7 Å². The van der Waals surface area contributed by atoms with Gasteiger partial charge in [-0.2, -0.15) is 12.6 Å². The number of nitrogens with zero attached hydrogens (tertiary/aromatic N) is 2. The minimum absolute atomic E-state index is 0.0936. The van der Waals surface area contributed by atoms with E-state index in [4.69, 9.17) is 16.6 Å². The Morgan fingerprint density at radius 2 is 1.95 bits per heavy atom. The number of carbonyl (C=O) groups is 3. The maximum atomic E-state index is 12.4. The number of nitrogens with two attached hydrogens (primary N) is 2. The van der Waals surface area contributed by atoms with Crippen molar-refractivity contribution < 1.29 is 19.5 Å². The quantitative estimate of drug-likeness (QED) is 0.328. The molecule has 2 saturated heterocycles. The van der Waals surface area contributed by atoms with E-state index in [1.807, 2.05) is 0 Å². The number of carbonyl (C=O) groups excluding carboxylic acids is 3. The van der Waals surface area contributed by atoms with Gasteiger partial charge in [0.05, 0.1) is 12.0 Å². The first-order valence-corrected chi connectivity index (χ1v) is 7.86. The number of hydrogen-bond donors (Lipinski definition) is 4. The van der Waals surface area contributed by atoms with Gasteiger partial charge in [-0.3, -0.25) is 14.4 Å². The van der Waals surface area contributed by atoms with E-state index in [9.17, 15) is 14.4 Å². The Morgan fingerprint density at radius 1 is 1.36 bits per heavy atom. The molecule has 22 heavy (non-hydrogen) atoms. The van der Waals surface area contributed by atoms with Crippen LogP contribution in [0.5, 0.6) is 0 Å². The summed E-state index contributed by atoms with van der Waals surface area (Å²) in [7, 11) is 0. The van der Waals surface area contributed by atoms with Crippen molar-refractivity contribution in [3.63, 3.8) is 0 Å². The molecule has 2 aliphatic heterocycles. The normalized spacial score (nSPS) is 23.1. The summed E-state index contributed by atoms with van der Waals surface area (Å²) in [6.45, 7) is 0.923. The van der Waals surface area contributed by atoms with Crippen molar-refractivity contribution in [3.8, 4) is 0 Å². The van der Waals surface area contributed by atoms with Gasteiger partial charge in [-0.1, -0.05) is 0 Å². The second-order valence-corrected chi connectivity index (χ2v) is 6.29. The molecule has 3 amide bonds. The number of aliphatic hydroxyl groups excluding tert-OH is 1. The number of thiol groups is 1. The molecule has 2 fully saturated rings. The number of primary amides is 1. The van der Waals surface area contributed by atoms with Gasteiger partial charge in [0.25, 0.3) is 0 Å². The first kappa shape index (κ1) is 17.0. The van der Waals surface area contributed by atoms with Crippen LogP contribution in [0.15, 0.2) is 0 Å². The molecule has 2 atom stereocenters. The summed E-state index contributed by atoms with van der Waals surface area (Å²) < 4.78 is 0. The van der Waals surface area contributed by atoms with E-state index in [0.29, 0.717) is 32.5 Å². The summed E-state index contributed by atoms with van der Waals surface area (Å²) in [4.78, 5) is 38.7. The van der Waals surface area contributed by atoms with Crippen molar-refractivity contribution >= 4 is 30.4 Å². The topological polar surface area (TPSA) is 130 Å². The summed E-state index contributed by atoms with van der Waals surface area (Å²) in [6.07, 6.45) is 1.06. The lowest BCUT2D eigenvalue weighted by molar-refractivity contribution is -0.172. The average molecular weight is 330 g/mol. The van der Waals surface area contributed by atoms with Crippen LogP contribution in [0.2, 0.25) is 0 Å². The fraction of sp³-hybridized carbons (Fsp3) is 0.769. The SMILES string of the molecule is NC(=O)[C@H](CS)N1CC2(CCN(C(=O)[C@@H](N)CO)CC2)C1=O. The Bertz CT molecular complexity index is 479. The monoisotopic (exact) mass is 330 g/mol. The number of piperidine rings is 1. The van der Waals surface area contributed by atoms with Crippen LogP contribution >= 0.6 is 12.6 Å². The van der Waals surface area contributed by atoms with Gasteiger partial charge >= 0.3 is 0 Å². The van der Waals surface area contributed by atoms with Crippen LogP contribution < -0.4 is 11.5 Å². The molecule has 2 heterocycles. The maximum absolute atomic E-state index is 12.4. The lowest BCUT2D eigenvalue weighted by atomic mass is 9.70. The number of hydrogen-bond acceptors (Lipinski definition) is 6. The van der Waals surface area contributed by atoms with Gasteiger partial charge < -0.3 is 26.4 Å². The van der Waals surface area contributed by atoms with Gasteiger partial charge in [0, 0.05) is 25.4 Å². The van der Waals surface area contributed by atoms with Crippen molar-refractivity contribution in [2.24, 2.45) is 16.9 Å². The smallest absolute Gasteiger partial charge is 0.241 e. The number of β-lactam (4-membered cyclic amide) rings is 1. The summed E-state index contributed by atoms with van der Waals surface area (Å²) in [5.41, 5.74) is 10.3. The second kappa shape index (κ2) is 6.43. The Hall–Kier alpha value is -1.32. The zero-order chi connectivity index (χ0) is 16.5. The minimum atomic E-state index is -0.911. The molecule has 0 saturated carbocycles. The van der Waals surface area contributed by atoms with Crippen molar-refractivity contribution in [3.05, 3.63) is 0 Å². The molecule has 9 heteroatoms. The van der Waals surface area contributed by atoms with E-state index >= 15 is 0 Å². The molecular weight excluding hydrogens is 308 g/mol. The van der Waals surface area contributed by atoms with Crippen LogP contribution in [0.3, 0.4) is 0 Å². The van der Waals surface area contributed by atoms with Gasteiger partial charge in [0.15, 0.2) is 0 Å². The Morgan fingerprint density at radius 3 is 2.36 bits per heavy atom. The summed E-state index contributed by atoms with van der Waals surface area (Å²) in [5.74, 6) is -0.748. The molecule has 0 aromatic rings. The molecule has 0 aromatic heterocycles. The highest BCUT2D eigenvalue weighted by atomic mass is 32.1. The van der Waals surface area contributed by atoms with E-state index in [2.05, 4.69) is 12.6 Å². The van der Waals surface area contributed by atoms with Crippen LogP contribution in [0.1, 0.15) is 12.8 Å². The maximum Gasteiger partial charge on any atom is 0.241 e. The van der Waals surface area contributed by atoms with Gasteiger partial charge in [-0.15, -0.1) is 0 Å². The Balaban J connectivity index is 1.94. The summed E-state index contributed by atoms with van der Waals surface area (Å²) in [6, 6.07) is -1.59. The molecule has 124 valence electrons. The third-order valence-electron chi connectivity index (χ3n) is 4.61. The first-order valence-electron chi connectivity index (χ1n) is 7.23. The highest BCUT2D eigenvalue weighted by molar-refractivity contribution is 7.80. The van der Waals surface area contributed by atoms with E-state index in [1.54, 1.807) is 4.90 Å². The van der Waals surface area contributed by atoms with Gasteiger partial charge in [0.1, 0.15) is 12.1 Å². The fourth-order valence-electron chi connectivity index (χ4n) is 3.11. The van der Waals surface area contributed by atoms with Gasteiger partial charge in [-0.25, -0.2) is 0 Å². The van der Waals surface area contributed by atoms with Gasteiger partial charge in [-0.05, 0) is 12.8 Å². The molecular formula is C13H22N4O4S. The van der Waals surface area contributed by atoms with E-state index in [0.717, 1.165) is 0 Å². The third-order valence-corrected chi connectivity index (χ3v) is 4.96. The summed E-state index contributed by atoms with van der Waals surface area (Å²) in [5, 5.41) is 8.93. The number of rotatable bonds is 5. The van der Waals surface area contributed by atoms with E-state index < -0.39 is 30.0 Å². The van der Waals surface area contributed by atoms with Crippen LogP contribution in [0.25, 0.3) is 0 Å². The van der Waals surface area contributed by atoms with Crippen molar-refractivity contribution in [2.75, 3.05) is 32.0 Å². The standard InChI is InChI=1S/C13H22N4O4S/c14-8(5-18)11(20)16-3-1-13(2-4-16)7-17(12(13)21)9(6-22)10(15)19/h8-9,18,22H,1-7,14H2,(H2,15,19)/t8-,9-/m0/s1. The zero-order valence-corrected chi connectivity index (χ0v) is 13.2.